The minimum Gasteiger partial charge on any atom is -0.458 e. The number of fused-ring (bicyclic) bond motifs is 1. The second-order valence-electron chi connectivity index (χ2n) is 6.26. The van der Waals surface area contributed by atoms with E-state index in [9.17, 15) is 4.79 Å². The molecule has 0 saturated carbocycles. The second kappa shape index (κ2) is 8.80. The molecule has 142 valence electrons. The molecular weight excluding hydrogens is 364 g/mol. The number of hydrogen-bond acceptors (Lipinski definition) is 5. The minimum atomic E-state index is -0.436. The van der Waals surface area contributed by atoms with Crippen LogP contribution in [0, 0.1) is 0 Å². The Labute approximate surface area is 168 Å². The third kappa shape index (κ3) is 4.65. The molecule has 2 heterocycles. The summed E-state index contributed by atoms with van der Waals surface area (Å²) in [5.74, 6) is 0.805. The van der Waals surface area contributed by atoms with Crippen LogP contribution in [0.3, 0.4) is 0 Å². The number of para-hydroxylation sites is 2. The summed E-state index contributed by atoms with van der Waals surface area (Å²) >= 11 is 0. The van der Waals surface area contributed by atoms with Crippen molar-refractivity contribution in [1.82, 2.24) is 9.97 Å². The maximum Gasteiger partial charge on any atom is 0.331 e. The first-order valence-corrected chi connectivity index (χ1v) is 9.14. The van der Waals surface area contributed by atoms with E-state index in [1.54, 1.807) is 30.7 Å². The molecule has 0 aliphatic heterocycles. The molecule has 0 radical (unpaired) electrons. The molecule has 0 amide bonds. The van der Waals surface area contributed by atoms with E-state index in [-0.39, 0.29) is 6.61 Å². The molecule has 29 heavy (non-hydrogen) atoms. The summed E-state index contributed by atoms with van der Waals surface area (Å²) in [6, 6.07) is 20.7. The minimum absolute atomic E-state index is 0.105. The zero-order valence-corrected chi connectivity index (χ0v) is 15.6. The van der Waals surface area contributed by atoms with Gasteiger partial charge in [0.05, 0.1) is 11.7 Å². The molecule has 0 bridgehead atoms. The highest BCUT2D eigenvalue weighted by Crippen LogP contribution is 2.25. The summed E-state index contributed by atoms with van der Waals surface area (Å²) in [5, 5.41) is 1.02. The van der Waals surface area contributed by atoms with Gasteiger partial charge in [0.1, 0.15) is 18.1 Å². The number of hydrogen-bond donors (Lipinski definition) is 0. The lowest BCUT2D eigenvalue weighted by Gasteiger charge is -2.10. The quantitative estimate of drug-likeness (QED) is 0.340. The van der Waals surface area contributed by atoms with Gasteiger partial charge in [-0.15, -0.1) is 0 Å². The molecule has 0 N–H and O–H groups in total. The molecule has 0 aliphatic rings. The van der Waals surface area contributed by atoms with Crippen LogP contribution in [0.2, 0.25) is 0 Å². The monoisotopic (exact) mass is 382 g/mol. The number of aromatic nitrogens is 2. The zero-order chi connectivity index (χ0) is 19.9. The number of rotatable bonds is 6. The molecule has 4 aromatic rings. The van der Waals surface area contributed by atoms with Crippen molar-refractivity contribution in [3.8, 4) is 11.5 Å². The van der Waals surface area contributed by atoms with Crippen LogP contribution in [0.4, 0.5) is 0 Å². The lowest BCUT2D eigenvalue weighted by Crippen LogP contribution is -2.02. The van der Waals surface area contributed by atoms with Crippen LogP contribution in [0.1, 0.15) is 11.1 Å². The van der Waals surface area contributed by atoms with Gasteiger partial charge in [0.15, 0.2) is 0 Å². The molecule has 0 atom stereocenters. The van der Waals surface area contributed by atoms with Gasteiger partial charge in [0.2, 0.25) is 0 Å². The lowest BCUT2D eigenvalue weighted by atomic mass is 10.1. The fourth-order valence-electron chi connectivity index (χ4n) is 2.87. The third-order valence-electron chi connectivity index (χ3n) is 4.27. The molecule has 0 aliphatic carbocycles. The number of nitrogens with zero attached hydrogens (tertiary/aromatic N) is 2. The smallest absolute Gasteiger partial charge is 0.331 e. The topological polar surface area (TPSA) is 61.3 Å². The predicted molar refractivity (Wildman–Crippen MR) is 111 cm³/mol. The van der Waals surface area contributed by atoms with Gasteiger partial charge in [-0.2, -0.15) is 0 Å². The van der Waals surface area contributed by atoms with Gasteiger partial charge < -0.3 is 9.47 Å². The van der Waals surface area contributed by atoms with E-state index in [2.05, 4.69) is 9.97 Å². The number of pyridine rings is 2. The Bertz CT molecular complexity index is 1150. The number of carbonyl (C=O) groups is 1. The highest BCUT2D eigenvalue weighted by Gasteiger charge is 2.07. The van der Waals surface area contributed by atoms with Gasteiger partial charge in [-0.1, -0.05) is 42.5 Å². The largest absolute Gasteiger partial charge is 0.458 e. The van der Waals surface area contributed by atoms with Crippen molar-refractivity contribution >= 4 is 22.9 Å². The SMILES string of the molecule is O=C(/C=C/c1cccc2cccnc12)OCc1ccccc1Oc1cccnc1. The van der Waals surface area contributed by atoms with Crippen molar-refractivity contribution in [2.24, 2.45) is 0 Å². The van der Waals surface area contributed by atoms with Crippen molar-refractivity contribution in [2.75, 3.05) is 0 Å². The van der Waals surface area contributed by atoms with Gasteiger partial charge in [-0.3, -0.25) is 9.97 Å². The molecule has 0 spiro atoms. The predicted octanol–water partition coefficient (Wildman–Crippen LogP) is 5.18. The Hall–Kier alpha value is -3.99. The van der Waals surface area contributed by atoms with E-state index in [0.717, 1.165) is 22.0 Å². The van der Waals surface area contributed by atoms with E-state index in [4.69, 9.17) is 9.47 Å². The van der Waals surface area contributed by atoms with Crippen molar-refractivity contribution < 1.29 is 14.3 Å². The maximum atomic E-state index is 12.2. The van der Waals surface area contributed by atoms with Crippen molar-refractivity contribution in [1.29, 1.82) is 0 Å². The third-order valence-corrected chi connectivity index (χ3v) is 4.27. The molecule has 2 aromatic heterocycles. The molecule has 5 nitrogen and oxygen atoms in total. The highest BCUT2D eigenvalue weighted by atomic mass is 16.5. The van der Waals surface area contributed by atoms with Crippen molar-refractivity contribution in [2.45, 2.75) is 6.61 Å². The number of ether oxygens (including phenoxy) is 2. The molecule has 0 unspecified atom stereocenters. The summed E-state index contributed by atoms with van der Waals surface area (Å²) in [4.78, 5) is 20.6. The van der Waals surface area contributed by atoms with E-state index in [1.807, 2.05) is 60.7 Å². The number of carbonyl (C=O) groups excluding carboxylic acids is 1. The number of esters is 1. The lowest BCUT2D eigenvalue weighted by molar-refractivity contribution is -0.138. The van der Waals surface area contributed by atoms with Gasteiger partial charge in [0.25, 0.3) is 0 Å². The van der Waals surface area contributed by atoms with Crippen LogP contribution in [-0.2, 0) is 16.1 Å². The summed E-state index contributed by atoms with van der Waals surface area (Å²) in [7, 11) is 0. The molecule has 2 aromatic carbocycles. The average Bonchev–Trinajstić information content (AvgIpc) is 2.78. The first-order valence-electron chi connectivity index (χ1n) is 9.14. The summed E-state index contributed by atoms with van der Waals surface area (Å²) < 4.78 is 11.2. The van der Waals surface area contributed by atoms with E-state index in [0.29, 0.717) is 11.5 Å². The Kier molecular flexibility index (Phi) is 5.58. The normalized spacial score (nSPS) is 10.9. The van der Waals surface area contributed by atoms with Crippen molar-refractivity contribution in [3.05, 3.63) is 103 Å². The van der Waals surface area contributed by atoms with E-state index in [1.165, 1.54) is 6.08 Å². The standard InChI is InChI=1S/C24H18N2O3/c27-23(13-12-19-8-3-7-18-9-4-15-26-24(18)19)28-17-20-6-1-2-11-22(20)29-21-10-5-14-25-16-21/h1-16H,17H2/b13-12+. The average molecular weight is 382 g/mol. The van der Waals surface area contributed by atoms with Gasteiger partial charge in [0, 0.05) is 35.0 Å². The highest BCUT2D eigenvalue weighted by molar-refractivity contribution is 5.92. The molecule has 4 rings (SSSR count). The Morgan fingerprint density at radius 1 is 0.931 bits per heavy atom. The molecule has 0 fully saturated rings. The first kappa shape index (κ1) is 18.4. The second-order valence-corrected chi connectivity index (χ2v) is 6.26. The van der Waals surface area contributed by atoms with Crippen LogP contribution >= 0.6 is 0 Å². The molecule has 0 saturated heterocycles. The summed E-state index contributed by atoms with van der Waals surface area (Å²) in [6.07, 6.45) is 8.17. The maximum absolute atomic E-state index is 12.2. The molecule has 5 heteroatoms. The Balaban J connectivity index is 1.43. The van der Waals surface area contributed by atoms with Gasteiger partial charge in [-0.05, 0) is 30.3 Å². The fourth-order valence-corrected chi connectivity index (χ4v) is 2.87. The van der Waals surface area contributed by atoms with Crippen LogP contribution in [-0.4, -0.2) is 15.9 Å². The van der Waals surface area contributed by atoms with Crippen LogP contribution in [0.5, 0.6) is 11.5 Å². The summed E-state index contributed by atoms with van der Waals surface area (Å²) in [5.41, 5.74) is 2.47. The van der Waals surface area contributed by atoms with E-state index >= 15 is 0 Å². The number of benzene rings is 2. The van der Waals surface area contributed by atoms with Crippen molar-refractivity contribution in [3.63, 3.8) is 0 Å². The summed E-state index contributed by atoms with van der Waals surface area (Å²) in [6.45, 7) is 0.105. The molecular formula is C24H18N2O3. The van der Waals surface area contributed by atoms with Crippen LogP contribution in [0.25, 0.3) is 17.0 Å². The first-order chi connectivity index (χ1) is 14.3. The van der Waals surface area contributed by atoms with E-state index < -0.39 is 5.97 Å². The van der Waals surface area contributed by atoms with Crippen LogP contribution in [0.15, 0.2) is 91.4 Å². The van der Waals surface area contributed by atoms with Crippen LogP contribution < -0.4 is 4.74 Å². The Morgan fingerprint density at radius 3 is 2.69 bits per heavy atom. The zero-order valence-electron chi connectivity index (χ0n) is 15.6. The van der Waals surface area contributed by atoms with Gasteiger partial charge in [-0.25, -0.2) is 4.79 Å². The van der Waals surface area contributed by atoms with Gasteiger partial charge >= 0.3 is 5.97 Å². The fraction of sp³-hybridized carbons (Fsp3) is 0.0417. The Morgan fingerprint density at radius 2 is 1.79 bits per heavy atom.